The van der Waals surface area contributed by atoms with Gasteiger partial charge in [0.1, 0.15) is 18.8 Å². The molecule has 0 radical (unpaired) electrons. The number of nitrogens with one attached hydrogen (secondary N) is 2. The molecule has 8 nitrogen and oxygen atoms in total. The van der Waals surface area contributed by atoms with Crippen molar-refractivity contribution in [3.63, 3.8) is 0 Å². The minimum atomic E-state index is -0.595. The average molecular weight is 528 g/mol. The third-order valence-corrected chi connectivity index (χ3v) is 4.91. The van der Waals surface area contributed by atoms with E-state index in [0.717, 1.165) is 23.4 Å². The predicted octanol–water partition coefficient (Wildman–Crippen LogP) is 6.23. The monoisotopic (exact) mass is 527 g/mol. The van der Waals surface area contributed by atoms with Crippen LogP contribution in [0.4, 0.5) is 5.69 Å². The van der Waals surface area contributed by atoms with Crippen molar-refractivity contribution in [3.8, 4) is 5.75 Å². The van der Waals surface area contributed by atoms with Crippen LogP contribution in [0, 0.1) is 0 Å². The highest BCUT2D eigenvalue weighted by molar-refractivity contribution is 5.95. The number of methoxy groups -OCH3 is 2. The quantitative estimate of drug-likeness (QED) is 0.0922. The van der Waals surface area contributed by atoms with E-state index in [-0.39, 0.29) is 6.42 Å². The van der Waals surface area contributed by atoms with Crippen LogP contribution in [0.5, 0.6) is 5.75 Å². The highest BCUT2D eigenvalue weighted by atomic mass is 16.5. The largest absolute Gasteiger partial charge is 0.491 e. The summed E-state index contributed by atoms with van der Waals surface area (Å²) in [5.41, 5.74) is 3.55. The Labute approximate surface area is 228 Å². The number of benzene rings is 1. The van der Waals surface area contributed by atoms with E-state index in [1.54, 1.807) is 32.4 Å². The van der Waals surface area contributed by atoms with Crippen molar-refractivity contribution in [2.24, 2.45) is 4.99 Å². The zero-order valence-corrected chi connectivity index (χ0v) is 24.1. The van der Waals surface area contributed by atoms with Crippen molar-refractivity contribution in [3.05, 3.63) is 66.0 Å². The second-order valence-electron chi connectivity index (χ2n) is 7.96. The molecule has 0 bridgehead atoms. The summed E-state index contributed by atoms with van der Waals surface area (Å²) in [4.78, 5) is 27.7. The predicted molar refractivity (Wildman–Crippen MR) is 156 cm³/mol. The fraction of sp³-hybridized carbons (Fsp3) is 0.433. The van der Waals surface area contributed by atoms with Gasteiger partial charge in [0.05, 0.1) is 19.4 Å². The summed E-state index contributed by atoms with van der Waals surface area (Å²) < 4.78 is 15.2. The number of amides is 1. The van der Waals surface area contributed by atoms with E-state index in [1.807, 2.05) is 44.2 Å². The first-order valence-electron chi connectivity index (χ1n) is 12.9. The van der Waals surface area contributed by atoms with Crippen LogP contribution in [0.1, 0.15) is 65.9 Å². The minimum absolute atomic E-state index is 0.347. The highest BCUT2D eigenvalue weighted by Gasteiger charge is 2.10. The molecule has 0 saturated carbocycles. The maximum absolute atomic E-state index is 12.0. The lowest BCUT2D eigenvalue weighted by Crippen LogP contribution is -2.25. The van der Waals surface area contributed by atoms with Crippen LogP contribution >= 0.6 is 0 Å². The molecule has 1 amide bonds. The summed E-state index contributed by atoms with van der Waals surface area (Å²) in [6, 6.07) is 5.61. The molecule has 1 rings (SSSR count). The molecule has 0 aromatic heterocycles. The summed E-state index contributed by atoms with van der Waals surface area (Å²) >= 11 is 0. The Hall–Kier alpha value is -3.65. The smallest absolute Gasteiger partial charge is 0.315 e. The normalized spacial score (nSPS) is 11.7. The van der Waals surface area contributed by atoms with Gasteiger partial charge in [-0.1, -0.05) is 52.3 Å². The Balaban J connectivity index is 0.00000318. The summed E-state index contributed by atoms with van der Waals surface area (Å²) in [6.45, 7) is 15.1. The van der Waals surface area contributed by atoms with Gasteiger partial charge in [0, 0.05) is 42.0 Å². The summed E-state index contributed by atoms with van der Waals surface area (Å²) in [7, 11) is 2.87. The molecule has 210 valence electrons. The first-order chi connectivity index (χ1) is 18.3. The van der Waals surface area contributed by atoms with Crippen LogP contribution in [0.2, 0.25) is 0 Å². The summed E-state index contributed by atoms with van der Waals surface area (Å²) in [5.74, 6) is -0.348. The third kappa shape index (κ3) is 14.8. The lowest BCUT2D eigenvalue weighted by atomic mass is 10.1. The molecular weight excluding hydrogens is 482 g/mol. The molecule has 0 unspecified atom stereocenters. The van der Waals surface area contributed by atoms with E-state index >= 15 is 0 Å². The molecule has 0 spiro atoms. The van der Waals surface area contributed by atoms with Gasteiger partial charge >= 0.3 is 5.97 Å². The number of unbranched alkanes of at least 4 members (excludes halogenated alkanes) is 1. The lowest BCUT2D eigenvalue weighted by molar-refractivity contribution is -0.143. The van der Waals surface area contributed by atoms with Crippen LogP contribution in [0.3, 0.4) is 0 Å². The third-order valence-electron chi connectivity index (χ3n) is 4.91. The van der Waals surface area contributed by atoms with Gasteiger partial charge in [0.2, 0.25) is 5.91 Å². The van der Waals surface area contributed by atoms with Crippen LogP contribution in [0.25, 0.3) is 5.70 Å². The van der Waals surface area contributed by atoms with E-state index in [2.05, 4.69) is 40.8 Å². The van der Waals surface area contributed by atoms with Gasteiger partial charge in [-0.2, -0.15) is 0 Å². The van der Waals surface area contributed by atoms with Crippen molar-refractivity contribution in [1.82, 2.24) is 10.6 Å². The van der Waals surface area contributed by atoms with Crippen LogP contribution < -0.4 is 15.4 Å². The van der Waals surface area contributed by atoms with E-state index in [4.69, 9.17) is 9.47 Å². The first-order valence-corrected chi connectivity index (χ1v) is 12.9. The van der Waals surface area contributed by atoms with Gasteiger partial charge in [-0.15, -0.1) is 0 Å². The molecule has 0 fully saturated rings. The van der Waals surface area contributed by atoms with Gasteiger partial charge in [-0.25, -0.2) is 0 Å². The minimum Gasteiger partial charge on any atom is -0.491 e. The summed E-state index contributed by atoms with van der Waals surface area (Å²) in [6.07, 6.45) is 12.1. The number of hydrogen-bond acceptors (Lipinski definition) is 7. The standard InChI is InChI=1S/C26H35N3O5.C4H10/c1-7-10-21(12-11-20(8-2)29-25(30)18-26(31)33-6)28-19(4)23-14-13-22(34-16-15-32-5)17-24(23)27-9-3;1-3-4-2/h8-14,17,28H,4,7,15-16,18H2,1-3,5-6H3,(H,29,30);3-4H2,1-2H3/b12-11-,20-8+,21-10-,27-9?;. The van der Waals surface area contributed by atoms with Crippen molar-refractivity contribution < 1.29 is 23.8 Å². The van der Waals surface area contributed by atoms with Crippen LogP contribution in [-0.4, -0.2) is 45.5 Å². The van der Waals surface area contributed by atoms with E-state index in [0.29, 0.717) is 30.4 Å². The molecule has 2 N–H and O–H groups in total. The lowest BCUT2D eigenvalue weighted by Gasteiger charge is -2.15. The molecule has 1 aromatic carbocycles. The molecule has 0 atom stereocenters. The number of nitrogens with zero attached hydrogens (tertiary/aromatic N) is 1. The number of rotatable bonds is 15. The second kappa shape index (κ2) is 21.4. The fourth-order valence-electron chi connectivity index (χ4n) is 2.77. The maximum Gasteiger partial charge on any atom is 0.315 e. The number of allylic oxidation sites excluding steroid dienone is 4. The van der Waals surface area contributed by atoms with Crippen molar-refractivity contribution in [1.29, 1.82) is 0 Å². The number of carbonyl (C=O) groups is 2. The second-order valence-corrected chi connectivity index (χ2v) is 7.96. The average Bonchev–Trinajstić information content (AvgIpc) is 2.91. The zero-order valence-electron chi connectivity index (χ0n) is 24.1. The van der Waals surface area contributed by atoms with Crippen molar-refractivity contribution in [2.45, 2.75) is 60.3 Å². The van der Waals surface area contributed by atoms with Crippen molar-refractivity contribution in [2.75, 3.05) is 27.4 Å². The zero-order chi connectivity index (χ0) is 28.8. The van der Waals surface area contributed by atoms with Crippen molar-refractivity contribution >= 4 is 29.5 Å². The first kappa shape index (κ1) is 34.4. The molecule has 1 aromatic rings. The Bertz CT molecular complexity index is 992. The maximum atomic E-state index is 12.0. The number of hydrogen-bond donors (Lipinski definition) is 2. The highest BCUT2D eigenvalue weighted by Crippen LogP contribution is 2.29. The number of aliphatic imine (C=N–C) groups is 1. The SMILES string of the molecule is C=C(NC(/C=C\C(=C/C)NC(=O)CC(=O)OC)=C\CC)c1ccc(OCCOC)cc1N=CC.CCCC. The molecule has 0 aliphatic rings. The Morgan fingerprint density at radius 2 is 1.68 bits per heavy atom. The number of esters is 1. The molecule has 0 saturated heterocycles. The molecule has 0 heterocycles. The van der Waals surface area contributed by atoms with Crippen LogP contribution in [-0.2, 0) is 19.1 Å². The van der Waals surface area contributed by atoms with Gasteiger partial charge in [-0.3, -0.25) is 14.6 Å². The van der Waals surface area contributed by atoms with Gasteiger partial charge < -0.3 is 24.8 Å². The van der Waals surface area contributed by atoms with Crippen LogP contribution in [0.15, 0.2) is 65.5 Å². The van der Waals surface area contributed by atoms with E-state index in [1.165, 1.54) is 20.0 Å². The summed E-state index contributed by atoms with van der Waals surface area (Å²) in [5, 5.41) is 5.99. The van der Waals surface area contributed by atoms with E-state index < -0.39 is 11.9 Å². The number of carbonyl (C=O) groups excluding carboxylic acids is 2. The Morgan fingerprint density at radius 3 is 2.24 bits per heavy atom. The number of ether oxygens (including phenoxy) is 3. The van der Waals surface area contributed by atoms with Gasteiger partial charge in [0.15, 0.2) is 0 Å². The Kier molecular flexibility index (Phi) is 19.4. The Morgan fingerprint density at radius 1 is 1.00 bits per heavy atom. The molecule has 0 aliphatic carbocycles. The van der Waals surface area contributed by atoms with Gasteiger partial charge in [0.25, 0.3) is 0 Å². The fourth-order valence-corrected chi connectivity index (χ4v) is 2.77. The van der Waals surface area contributed by atoms with Gasteiger partial charge in [-0.05, 0) is 44.6 Å². The molecule has 38 heavy (non-hydrogen) atoms. The molecular formula is C30H45N3O5. The molecule has 8 heteroatoms. The topological polar surface area (TPSA) is 98.2 Å². The van der Waals surface area contributed by atoms with E-state index in [9.17, 15) is 9.59 Å². The molecule has 0 aliphatic heterocycles.